The van der Waals surface area contributed by atoms with Crippen molar-refractivity contribution in [2.24, 2.45) is 0 Å². The summed E-state index contributed by atoms with van der Waals surface area (Å²) in [5.74, 6) is 0.600. The fourth-order valence-corrected chi connectivity index (χ4v) is 4.61. The number of methoxy groups -OCH3 is 1. The molecular weight excluding hydrogens is 426 g/mol. The number of fused-ring (bicyclic) bond motifs is 1. The van der Waals surface area contributed by atoms with Crippen LogP contribution in [0, 0.1) is 0 Å². The Morgan fingerprint density at radius 1 is 1.09 bits per heavy atom. The van der Waals surface area contributed by atoms with E-state index in [1.165, 1.54) is 5.56 Å². The number of nitrogens with zero attached hydrogens (tertiary/aromatic N) is 3. The number of anilines is 1. The van der Waals surface area contributed by atoms with Gasteiger partial charge in [0.25, 0.3) is 0 Å². The van der Waals surface area contributed by atoms with Crippen LogP contribution >= 0.6 is 11.6 Å². The highest BCUT2D eigenvalue weighted by Gasteiger charge is 2.19. The predicted octanol–water partition coefficient (Wildman–Crippen LogP) is 4.23. The smallest absolute Gasteiger partial charge is 0.325 e. The maximum atomic E-state index is 12.1. The van der Waals surface area contributed by atoms with E-state index >= 15 is 0 Å². The Kier molecular flexibility index (Phi) is 7.22. The van der Waals surface area contributed by atoms with Crippen molar-refractivity contribution in [3.05, 3.63) is 59.2 Å². The number of ether oxygens (including phenoxy) is 2. The summed E-state index contributed by atoms with van der Waals surface area (Å²) in [5.41, 5.74) is 3.36. The maximum Gasteiger partial charge on any atom is 0.325 e. The molecule has 0 amide bonds. The van der Waals surface area contributed by atoms with Crippen molar-refractivity contribution < 1.29 is 14.3 Å². The molecule has 6 nitrogen and oxygen atoms in total. The van der Waals surface area contributed by atoms with Crippen molar-refractivity contribution in [2.75, 3.05) is 51.3 Å². The van der Waals surface area contributed by atoms with Gasteiger partial charge in [0, 0.05) is 49.8 Å². The minimum Gasteiger partial charge on any atom is -0.497 e. The van der Waals surface area contributed by atoms with Crippen LogP contribution < -0.4 is 9.64 Å². The van der Waals surface area contributed by atoms with E-state index in [0.29, 0.717) is 6.61 Å². The van der Waals surface area contributed by atoms with E-state index in [-0.39, 0.29) is 12.5 Å². The number of benzene rings is 2. The number of rotatable bonds is 8. The number of carbonyl (C=O) groups is 1. The molecule has 1 fully saturated rings. The summed E-state index contributed by atoms with van der Waals surface area (Å²) in [5, 5.41) is 1.94. The van der Waals surface area contributed by atoms with E-state index in [1.807, 2.05) is 41.8 Å². The number of carbonyl (C=O) groups excluding carboxylic acids is 1. The Morgan fingerprint density at radius 3 is 2.59 bits per heavy atom. The van der Waals surface area contributed by atoms with Gasteiger partial charge in [-0.05, 0) is 49.2 Å². The largest absolute Gasteiger partial charge is 0.497 e. The number of aromatic nitrogens is 1. The Hall–Kier alpha value is -2.70. The first kappa shape index (κ1) is 22.5. The molecule has 1 aliphatic rings. The second kappa shape index (κ2) is 10.3. The summed E-state index contributed by atoms with van der Waals surface area (Å²) in [6.45, 7) is 7.31. The summed E-state index contributed by atoms with van der Waals surface area (Å²) in [6.07, 6.45) is 2.99. The van der Waals surface area contributed by atoms with Crippen LogP contribution in [0.3, 0.4) is 0 Å². The zero-order valence-corrected chi connectivity index (χ0v) is 19.5. The number of hydrogen-bond acceptors (Lipinski definition) is 5. The van der Waals surface area contributed by atoms with Crippen LogP contribution in [0.15, 0.2) is 48.7 Å². The minimum absolute atomic E-state index is 0.215. The van der Waals surface area contributed by atoms with Gasteiger partial charge in [-0.1, -0.05) is 23.7 Å². The van der Waals surface area contributed by atoms with Crippen molar-refractivity contribution in [3.63, 3.8) is 0 Å². The second-order valence-electron chi connectivity index (χ2n) is 8.00. The Balaban J connectivity index is 1.43. The highest BCUT2D eigenvalue weighted by molar-refractivity contribution is 6.33. The Morgan fingerprint density at radius 2 is 1.88 bits per heavy atom. The van der Waals surface area contributed by atoms with Gasteiger partial charge in [0.2, 0.25) is 0 Å². The number of piperazine rings is 1. The monoisotopic (exact) mass is 455 g/mol. The number of para-hydroxylation sites is 1. The summed E-state index contributed by atoms with van der Waals surface area (Å²) in [4.78, 5) is 16.9. The molecule has 2 heterocycles. The first-order chi connectivity index (χ1) is 15.6. The zero-order valence-electron chi connectivity index (χ0n) is 18.7. The van der Waals surface area contributed by atoms with Gasteiger partial charge in [-0.3, -0.25) is 9.69 Å². The number of hydrogen-bond donors (Lipinski definition) is 0. The fourth-order valence-electron chi connectivity index (χ4n) is 4.35. The topological polar surface area (TPSA) is 46.9 Å². The third-order valence-corrected chi connectivity index (χ3v) is 6.36. The lowest BCUT2D eigenvalue weighted by atomic mass is 10.1. The molecule has 3 aromatic rings. The summed E-state index contributed by atoms with van der Waals surface area (Å²) >= 11 is 6.37. The van der Waals surface area contributed by atoms with Crippen LogP contribution in [0.4, 0.5) is 5.69 Å². The van der Waals surface area contributed by atoms with Crippen LogP contribution in [0.25, 0.3) is 10.9 Å². The summed E-state index contributed by atoms with van der Waals surface area (Å²) < 4.78 is 12.6. The van der Waals surface area contributed by atoms with Gasteiger partial charge >= 0.3 is 5.97 Å². The van der Waals surface area contributed by atoms with Gasteiger partial charge in [0.1, 0.15) is 12.3 Å². The second-order valence-corrected chi connectivity index (χ2v) is 8.41. The molecule has 32 heavy (non-hydrogen) atoms. The van der Waals surface area contributed by atoms with Crippen molar-refractivity contribution in [1.82, 2.24) is 9.47 Å². The van der Waals surface area contributed by atoms with Crippen LogP contribution in [0.1, 0.15) is 12.5 Å². The molecule has 0 bridgehead atoms. The lowest BCUT2D eigenvalue weighted by molar-refractivity contribution is -0.143. The molecule has 7 heteroatoms. The van der Waals surface area contributed by atoms with Gasteiger partial charge in [0.15, 0.2) is 0 Å². The normalized spacial score (nSPS) is 14.7. The van der Waals surface area contributed by atoms with Gasteiger partial charge in [0.05, 0.1) is 24.4 Å². The van der Waals surface area contributed by atoms with Gasteiger partial charge in [-0.25, -0.2) is 0 Å². The Labute approximate surface area is 194 Å². The maximum absolute atomic E-state index is 12.1. The van der Waals surface area contributed by atoms with Crippen molar-refractivity contribution in [3.8, 4) is 5.75 Å². The number of esters is 1. The van der Waals surface area contributed by atoms with Gasteiger partial charge in [-0.15, -0.1) is 0 Å². The standard InChI is InChI=1S/C25H30ClN3O3/c1-3-32-25(30)18-29-17-19(21-16-20(31-2)8-9-23(21)29)10-11-27-12-14-28(15-13-27)24-7-5-4-6-22(24)26/h4-9,16-17H,3,10-15,18H2,1-2H3. The average molecular weight is 456 g/mol. The third kappa shape index (κ3) is 5.03. The molecule has 0 radical (unpaired) electrons. The summed E-state index contributed by atoms with van der Waals surface area (Å²) in [6, 6.07) is 14.0. The number of halogens is 1. The minimum atomic E-state index is -0.220. The molecular formula is C25H30ClN3O3. The zero-order chi connectivity index (χ0) is 22.5. The van der Waals surface area contributed by atoms with Crippen molar-refractivity contribution >= 4 is 34.2 Å². The van der Waals surface area contributed by atoms with E-state index in [9.17, 15) is 4.79 Å². The van der Waals surface area contributed by atoms with Crippen LogP contribution in [-0.4, -0.2) is 61.9 Å². The molecule has 2 aromatic carbocycles. The lowest BCUT2D eigenvalue weighted by Crippen LogP contribution is -2.47. The molecule has 0 aliphatic carbocycles. The first-order valence-electron chi connectivity index (χ1n) is 11.1. The lowest BCUT2D eigenvalue weighted by Gasteiger charge is -2.36. The molecule has 0 saturated carbocycles. The predicted molar refractivity (Wildman–Crippen MR) is 129 cm³/mol. The molecule has 170 valence electrons. The van der Waals surface area contributed by atoms with Crippen molar-refractivity contribution in [1.29, 1.82) is 0 Å². The molecule has 1 saturated heterocycles. The van der Waals surface area contributed by atoms with Gasteiger partial charge in [-0.2, -0.15) is 0 Å². The average Bonchev–Trinajstić information content (AvgIpc) is 3.15. The third-order valence-electron chi connectivity index (χ3n) is 6.04. The van der Waals surface area contributed by atoms with E-state index in [2.05, 4.69) is 28.1 Å². The molecule has 1 aromatic heterocycles. The van der Waals surface area contributed by atoms with E-state index in [0.717, 1.165) is 66.5 Å². The molecule has 0 atom stereocenters. The highest BCUT2D eigenvalue weighted by Crippen LogP contribution is 2.28. The molecule has 1 aliphatic heterocycles. The molecule has 0 N–H and O–H groups in total. The highest BCUT2D eigenvalue weighted by atomic mass is 35.5. The quantitative estimate of drug-likeness (QED) is 0.476. The van der Waals surface area contributed by atoms with E-state index in [1.54, 1.807) is 7.11 Å². The van der Waals surface area contributed by atoms with E-state index in [4.69, 9.17) is 21.1 Å². The molecule has 4 rings (SSSR count). The SMILES string of the molecule is CCOC(=O)Cn1cc(CCN2CCN(c3ccccc3Cl)CC2)c2cc(OC)ccc21. The molecule has 0 spiro atoms. The molecule has 0 unspecified atom stereocenters. The van der Waals surface area contributed by atoms with Crippen LogP contribution in [-0.2, 0) is 22.5 Å². The first-order valence-corrected chi connectivity index (χ1v) is 11.5. The Bertz CT molecular complexity index is 1070. The van der Waals surface area contributed by atoms with Crippen LogP contribution in [0.2, 0.25) is 5.02 Å². The summed E-state index contributed by atoms with van der Waals surface area (Å²) in [7, 11) is 1.68. The van der Waals surface area contributed by atoms with E-state index < -0.39 is 0 Å². The van der Waals surface area contributed by atoms with Gasteiger partial charge < -0.3 is 18.9 Å². The van der Waals surface area contributed by atoms with Crippen molar-refractivity contribution in [2.45, 2.75) is 19.9 Å². The fraction of sp³-hybridized carbons (Fsp3) is 0.400. The van der Waals surface area contributed by atoms with Crippen LogP contribution in [0.5, 0.6) is 5.75 Å².